The van der Waals surface area contributed by atoms with Gasteiger partial charge in [0.25, 0.3) is 11.5 Å². The van der Waals surface area contributed by atoms with Gasteiger partial charge in [0.1, 0.15) is 18.1 Å². The molecule has 19 heteroatoms. The van der Waals surface area contributed by atoms with Crippen molar-refractivity contribution in [3.8, 4) is 5.75 Å². The van der Waals surface area contributed by atoms with Gasteiger partial charge in [-0.05, 0) is 31.5 Å². The molecule has 3 aromatic heterocycles. The van der Waals surface area contributed by atoms with Crippen LogP contribution >= 0.6 is 11.6 Å². The van der Waals surface area contributed by atoms with Crippen molar-refractivity contribution in [3.05, 3.63) is 62.5 Å². The Morgan fingerprint density at radius 1 is 1.06 bits per heavy atom. The molecule has 2 fully saturated rings. The largest absolute Gasteiger partial charge is 0.504 e. The van der Waals surface area contributed by atoms with Gasteiger partial charge in [-0.25, -0.2) is 9.97 Å². The number of aryl methyl sites for hydroxylation is 1. The number of aromatic nitrogens is 6. The van der Waals surface area contributed by atoms with Crippen LogP contribution in [0.5, 0.6) is 5.75 Å². The van der Waals surface area contributed by atoms with E-state index in [9.17, 15) is 32.7 Å². The Morgan fingerprint density at radius 2 is 1.78 bits per heavy atom. The first kappa shape index (κ1) is 33.5. The van der Waals surface area contributed by atoms with Crippen molar-refractivity contribution < 1.29 is 32.6 Å². The van der Waals surface area contributed by atoms with Crippen LogP contribution < -0.4 is 20.7 Å². The van der Waals surface area contributed by atoms with Crippen molar-refractivity contribution in [2.75, 3.05) is 67.6 Å². The second kappa shape index (κ2) is 12.7. The van der Waals surface area contributed by atoms with Crippen LogP contribution in [0.25, 0.3) is 5.78 Å². The molecule has 3 aliphatic rings. The van der Waals surface area contributed by atoms with Crippen LogP contribution in [0.15, 0.2) is 29.3 Å². The molecule has 50 heavy (non-hydrogen) atoms. The molecule has 2 atom stereocenters. The van der Waals surface area contributed by atoms with Gasteiger partial charge in [0.15, 0.2) is 11.4 Å². The molecule has 7 rings (SSSR count). The number of fused-ring (bicyclic) bond motifs is 3. The number of carbonyl (C=O) groups is 2. The summed E-state index contributed by atoms with van der Waals surface area (Å²) in [7, 11) is 0. The van der Waals surface area contributed by atoms with Gasteiger partial charge in [-0.3, -0.25) is 19.0 Å². The zero-order valence-electron chi connectivity index (χ0n) is 26.9. The number of nitrogens with one attached hydrogen (secondary N) is 1. The first-order chi connectivity index (χ1) is 23.8. The molecule has 0 aliphatic carbocycles. The van der Waals surface area contributed by atoms with Gasteiger partial charge in [0.2, 0.25) is 17.6 Å². The number of ether oxygens (including phenoxy) is 1. The molecular weight excluding hydrogens is 685 g/mol. The van der Waals surface area contributed by atoms with Crippen molar-refractivity contribution in [1.82, 2.24) is 34.0 Å². The van der Waals surface area contributed by atoms with Crippen molar-refractivity contribution in [1.29, 1.82) is 0 Å². The Morgan fingerprint density at radius 3 is 2.46 bits per heavy atom. The number of halogens is 4. The number of carbonyl (C=O) groups excluding carboxylic acids is 2. The highest BCUT2D eigenvalue weighted by atomic mass is 35.5. The fraction of sp³-hybridized carbons (Fsp3) is 0.452. The lowest BCUT2D eigenvalue weighted by molar-refractivity contribution is -0.137. The fourth-order valence-corrected chi connectivity index (χ4v) is 6.91. The van der Waals surface area contributed by atoms with Gasteiger partial charge in [-0.15, -0.1) is 5.10 Å². The molecule has 2 amide bonds. The van der Waals surface area contributed by atoms with E-state index in [1.165, 1.54) is 15.7 Å². The molecular formula is C31H32ClF3N10O5. The molecule has 1 aromatic carbocycles. The molecule has 0 bridgehead atoms. The predicted molar refractivity (Wildman–Crippen MR) is 174 cm³/mol. The van der Waals surface area contributed by atoms with Gasteiger partial charge >= 0.3 is 6.18 Å². The minimum Gasteiger partial charge on any atom is -0.504 e. The molecule has 6 heterocycles. The number of nitrogens with zero attached hydrogens (tertiary/aromatic N) is 9. The lowest BCUT2D eigenvalue weighted by Gasteiger charge is -2.36. The number of hydrogen-bond donors (Lipinski definition) is 2. The van der Waals surface area contributed by atoms with Crippen LogP contribution in [-0.4, -0.2) is 103 Å². The van der Waals surface area contributed by atoms with E-state index in [1.807, 2.05) is 16.7 Å². The zero-order valence-corrected chi connectivity index (χ0v) is 27.7. The topological polar surface area (TPSA) is 163 Å². The van der Waals surface area contributed by atoms with Crippen molar-refractivity contribution in [2.45, 2.75) is 38.4 Å². The van der Waals surface area contributed by atoms with Crippen molar-refractivity contribution >= 4 is 46.5 Å². The van der Waals surface area contributed by atoms with Crippen LogP contribution in [0, 0.1) is 6.92 Å². The summed E-state index contributed by atoms with van der Waals surface area (Å²) in [5.41, 5.74) is -0.373. The van der Waals surface area contributed by atoms with E-state index >= 15 is 0 Å². The molecule has 2 saturated heterocycles. The lowest BCUT2D eigenvalue weighted by Crippen LogP contribution is -2.51. The molecule has 0 saturated carbocycles. The Kier molecular flexibility index (Phi) is 8.53. The smallest absolute Gasteiger partial charge is 0.416 e. The fourth-order valence-electron chi connectivity index (χ4n) is 6.68. The van der Waals surface area contributed by atoms with Crippen LogP contribution in [0.1, 0.15) is 52.7 Å². The van der Waals surface area contributed by atoms with Crippen molar-refractivity contribution in [3.63, 3.8) is 0 Å². The molecule has 3 aliphatic heterocycles. The minimum absolute atomic E-state index is 0.00392. The second-order valence-electron chi connectivity index (χ2n) is 12.4. The summed E-state index contributed by atoms with van der Waals surface area (Å²) in [6, 6.07) is 1.77. The number of rotatable bonds is 5. The second-order valence-corrected chi connectivity index (χ2v) is 12.8. The summed E-state index contributed by atoms with van der Waals surface area (Å²) in [5, 5.41) is 17.3. The van der Waals surface area contributed by atoms with E-state index < -0.39 is 35.2 Å². The highest BCUT2D eigenvalue weighted by Crippen LogP contribution is 2.42. The number of piperazine rings is 1. The Hall–Kier alpha value is -4.97. The highest BCUT2D eigenvalue weighted by Gasteiger charge is 2.41. The van der Waals surface area contributed by atoms with E-state index in [4.69, 9.17) is 21.3 Å². The molecule has 264 valence electrons. The minimum atomic E-state index is -4.61. The number of anilines is 3. The van der Waals surface area contributed by atoms with Crippen molar-refractivity contribution in [2.24, 2.45) is 0 Å². The van der Waals surface area contributed by atoms with Gasteiger partial charge in [0.05, 0.1) is 40.9 Å². The third-order valence-corrected chi connectivity index (χ3v) is 9.60. The summed E-state index contributed by atoms with van der Waals surface area (Å²) in [5.74, 6) is -1.22. The third kappa shape index (κ3) is 5.85. The highest BCUT2D eigenvalue weighted by molar-refractivity contribution is 6.33. The number of hydrogen-bond acceptors (Lipinski definition) is 11. The predicted octanol–water partition coefficient (Wildman–Crippen LogP) is 2.85. The average molecular weight is 717 g/mol. The molecule has 4 aromatic rings. The van der Waals surface area contributed by atoms with Crippen LogP contribution in [0.3, 0.4) is 0 Å². The standard InChI is InChI=1S/C31H32ClF3N10O5/c1-16-13-21(26(47)38-20-4-3-18(14-19(20)32)31(33,34)35)44-23(16)24(28(49)45-30(44)39-29(40-45)43-9-11-50-12-10-43)41-5-7-42(8-6-41)27(48)22-25(46)17(2)36-15-37-22/h3-4,14-16,21,46H,5-13H2,1-2H3,(H,38,47)/t16-,21-/m0/s1. The van der Waals surface area contributed by atoms with Gasteiger partial charge in [0, 0.05) is 45.2 Å². The zero-order chi connectivity index (χ0) is 35.5. The van der Waals surface area contributed by atoms with Gasteiger partial charge in [-0.2, -0.15) is 22.7 Å². The molecule has 15 nitrogen and oxygen atoms in total. The maximum Gasteiger partial charge on any atom is 0.416 e. The summed E-state index contributed by atoms with van der Waals surface area (Å²) in [6.45, 7) is 6.24. The van der Waals surface area contributed by atoms with E-state index in [0.29, 0.717) is 37.7 Å². The normalized spacial score (nSPS) is 19.6. The summed E-state index contributed by atoms with van der Waals surface area (Å²) >= 11 is 6.18. The number of amides is 2. The number of aromatic hydroxyl groups is 1. The molecule has 0 spiro atoms. The Balaban J connectivity index is 1.25. The van der Waals surface area contributed by atoms with Crippen LogP contribution in [0.2, 0.25) is 5.02 Å². The quantitative estimate of drug-likeness (QED) is 0.312. The first-order valence-corrected chi connectivity index (χ1v) is 16.3. The Labute approximate surface area is 287 Å². The van der Waals surface area contributed by atoms with E-state index in [-0.39, 0.29) is 78.1 Å². The average Bonchev–Trinajstić information content (AvgIpc) is 3.69. The lowest BCUT2D eigenvalue weighted by atomic mass is 10.0. The maximum absolute atomic E-state index is 14.3. The third-order valence-electron chi connectivity index (χ3n) is 9.29. The number of benzene rings is 1. The van der Waals surface area contributed by atoms with Gasteiger partial charge in [-0.1, -0.05) is 18.5 Å². The Bertz CT molecular complexity index is 2060. The number of alkyl halides is 3. The monoisotopic (exact) mass is 716 g/mol. The molecule has 0 radical (unpaired) electrons. The van der Waals surface area contributed by atoms with Crippen LogP contribution in [-0.2, 0) is 15.7 Å². The van der Waals surface area contributed by atoms with Gasteiger partial charge < -0.3 is 29.9 Å². The first-order valence-electron chi connectivity index (χ1n) is 15.9. The summed E-state index contributed by atoms with van der Waals surface area (Å²) < 4.78 is 48.1. The SMILES string of the molecule is Cc1ncnc(C(=O)N2CCN(c3c4n(c5nc(N6CCOCC6)nn5c3=O)[C@H](C(=O)Nc3ccc(C(F)(F)F)cc3Cl)C[C@@H]4C)CC2)c1O. The van der Waals surface area contributed by atoms with E-state index in [1.54, 1.807) is 11.5 Å². The maximum atomic E-state index is 14.3. The van der Waals surface area contributed by atoms with E-state index in [2.05, 4.69) is 20.4 Å². The molecule has 0 unspecified atom stereocenters. The summed E-state index contributed by atoms with van der Waals surface area (Å²) in [4.78, 5) is 59.3. The summed E-state index contributed by atoms with van der Waals surface area (Å²) in [6.07, 6.45) is -3.15. The molecule has 2 N–H and O–H groups in total. The van der Waals surface area contributed by atoms with Crippen LogP contribution in [0.4, 0.5) is 30.5 Å². The number of morpholine rings is 1. The van der Waals surface area contributed by atoms with E-state index in [0.717, 1.165) is 18.2 Å².